The zero-order chi connectivity index (χ0) is 14.9. The normalized spacial score (nSPS) is 33.1. The molecule has 2 aliphatic carbocycles. The van der Waals surface area contributed by atoms with E-state index < -0.39 is 0 Å². The first kappa shape index (κ1) is 12.6. The van der Waals surface area contributed by atoms with E-state index in [9.17, 15) is 14.7 Å². The summed E-state index contributed by atoms with van der Waals surface area (Å²) in [4.78, 5) is 26.7. The van der Waals surface area contributed by atoms with Gasteiger partial charge in [0.05, 0.1) is 17.5 Å². The lowest BCUT2D eigenvalue weighted by molar-refractivity contribution is -0.123. The van der Waals surface area contributed by atoms with Gasteiger partial charge in [0.25, 0.3) is 0 Å². The van der Waals surface area contributed by atoms with Crippen molar-refractivity contribution in [3.05, 3.63) is 35.4 Å². The van der Waals surface area contributed by atoms with Gasteiger partial charge in [0.15, 0.2) is 0 Å². The molecule has 21 heavy (non-hydrogen) atoms. The first-order valence-corrected chi connectivity index (χ1v) is 7.35. The van der Waals surface area contributed by atoms with Crippen LogP contribution in [0.3, 0.4) is 0 Å². The van der Waals surface area contributed by atoms with Gasteiger partial charge in [-0.25, -0.2) is 4.90 Å². The smallest absolute Gasteiger partial charge is 0.238 e. The largest absolute Gasteiger partial charge is 0.507 e. The van der Waals surface area contributed by atoms with Crippen LogP contribution in [0.1, 0.15) is 17.5 Å². The first-order valence-electron chi connectivity index (χ1n) is 7.35. The highest BCUT2D eigenvalue weighted by Crippen LogP contribution is 2.53. The monoisotopic (exact) mass is 283 g/mol. The van der Waals surface area contributed by atoms with Gasteiger partial charge in [0.1, 0.15) is 5.75 Å². The van der Waals surface area contributed by atoms with E-state index in [1.54, 1.807) is 26.0 Å². The van der Waals surface area contributed by atoms with Crippen LogP contribution in [0.5, 0.6) is 5.75 Å². The Balaban J connectivity index is 1.78. The molecule has 2 fully saturated rings. The van der Waals surface area contributed by atoms with Gasteiger partial charge in [-0.1, -0.05) is 12.2 Å². The molecule has 4 unspecified atom stereocenters. The van der Waals surface area contributed by atoms with Crippen molar-refractivity contribution >= 4 is 17.5 Å². The molecule has 1 aliphatic heterocycles. The molecular formula is C17H17NO3. The maximum absolute atomic E-state index is 12.7. The highest BCUT2D eigenvalue weighted by molar-refractivity contribution is 6.22. The third kappa shape index (κ3) is 1.50. The number of nitrogens with zero attached hydrogens (tertiary/aromatic N) is 1. The number of carbonyl (C=O) groups is 2. The van der Waals surface area contributed by atoms with E-state index in [2.05, 4.69) is 12.2 Å². The standard InChI is InChI=1S/C17H17NO3/c1-8-5-12(6-9(2)15(8)19)18-16(20)13-10-3-4-11(7-10)14(13)17(18)21/h3-6,10-11,13-14,19H,7H2,1-2H3. The molecule has 2 amide bonds. The number of benzene rings is 1. The number of hydrogen-bond donors (Lipinski definition) is 1. The topological polar surface area (TPSA) is 57.6 Å². The van der Waals surface area contributed by atoms with Crippen LogP contribution in [0.4, 0.5) is 5.69 Å². The number of carbonyl (C=O) groups excluding carboxylic acids is 2. The van der Waals surface area contributed by atoms with Gasteiger partial charge in [-0.15, -0.1) is 0 Å². The number of phenols is 1. The van der Waals surface area contributed by atoms with Crippen molar-refractivity contribution in [2.75, 3.05) is 4.90 Å². The number of anilines is 1. The maximum atomic E-state index is 12.7. The van der Waals surface area contributed by atoms with Crippen LogP contribution < -0.4 is 4.90 Å². The van der Waals surface area contributed by atoms with E-state index in [1.807, 2.05) is 0 Å². The number of amides is 2. The average Bonchev–Trinajstić information content (AvgIpc) is 3.10. The molecule has 2 bridgehead atoms. The Bertz CT molecular complexity index is 653. The van der Waals surface area contributed by atoms with Crippen LogP contribution in [-0.2, 0) is 9.59 Å². The summed E-state index contributed by atoms with van der Waals surface area (Å²) in [6, 6.07) is 3.43. The summed E-state index contributed by atoms with van der Waals surface area (Å²) in [6.07, 6.45) is 5.12. The molecule has 0 radical (unpaired) electrons. The second-order valence-corrected chi connectivity index (χ2v) is 6.44. The Hall–Kier alpha value is -2.10. The van der Waals surface area contributed by atoms with Crippen LogP contribution in [0.15, 0.2) is 24.3 Å². The lowest BCUT2D eigenvalue weighted by Crippen LogP contribution is -2.32. The van der Waals surface area contributed by atoms with Crippen molar-refractivity contribution < 1.29 is 14.7 Å². The highest BCUT2D eigenvalue weighted by Gasteiger charge is 2.59. The minimum Gasteiger partial charge on any atom is -0.507 e. The molecule has 0 aromatic heterocycles. The van der Waals surface area contributed by atoms with Gasteiger partial charge in [0.2, 0.25) is 11.8 Å². The summed E-state index contributed by atoms with van der Waals surface area (Å²) >= 11 is 0. The number of allylic oxidation sites excluding steroid dienone is 2. The Morgan fingerprint density at radius 2 is 1.48 bits per heavy atom. The fraction of sp³-hybridized carbons (Fsp3) is 0.412. The predicted octanol–water partition coefficient (Wildman–Crippen LogP) is 2.32. The summed E-state index contributed by atoms with van der Waals surface area (Å²) in [5.74, 6) is 0.155. The van der Waals surface area contributed by atoms with Gasteiger partial charge in [0, 0.05) is 0 Å². The van der Waals surface area contributed by atoms with Crippen molar-refractivity contribution in [1.29, 1.82) is 0 Å². The molecule has 0 spiro atoms. The molecule has 108 valence electrons. The van der Waals surface area contributed by atoms with Crippen molar-refractivity contribution in [2.24, 2.45) is 23.7 Å². The molecule has 1 saturated heterocycles. The highest BCUT2D eigenvalue weighted by atomic mass is 16.3. The molecule has 1 saturated carbocycles. The third-order valence-corrected chi connectivity index (χ3v) is 5.20. The molecule has 3 aliphatic rings. The van der Waals surface area contributed by atoms with Gasteiger partial charge < -0.3 is 5.11 Å². The van der Waals surface area contributed by atoms with Crippen LogP contribution in [0.2, 0.25) is 0 Å². The second-order valence-electron chi connectivity index (χ2n) is 6.44. The van der Waals surface area contributed by atoms with Gasteiger partial charge in [-0.2, -0.15) is 0 Å². The second kappa shape index (κ2) is 3.97. The number of imide groups is 1. The third-order valence-electron chi connectivity index (χ3n) is 5.20. The summed E-state index contributed by atoms with van der Waals surface area (Å²) in [6.45, 7) is 3.56. The molecule has 1 aromatic carbocycles. The van der Waals surface area contributed by atoms with Gasteiger partial charge in [-0.3, -0.25) is 9.59 Å². The SMILES string of the molecule is Cc1cc(N2C(=O)C3C4C=CC(C4)C3C2=O)cc(C)c1O. The van der Waals surface area contributed by atoms with Crippen LogP contribution in [-0.4, -0.2) is 16.9 Å². The molecule has 4 heteroatoms. The Morgan fingerprint density at radius 3 is 1.95 bits per heavy atom. The zero-order valence-electron chi connectivity index (χ0n) is 12.0. The Kier molecular flexibility index (Phi) is 2.39. The summed E-state index contributed by atoms with van der Waals surface area (Å²) < 4.78 is 0. The number of fused-ring (bicyclic) bond motifs is 5. The average molecular weight is 283 g/mol. The quantitative estimate of drug-likeness (QED) is 0.635. The van der Waals surface area contributed by atoms with Crippen molar-refractivity contribution in [3.63, 3.8) is 0 Å². The van der Waals surface area contributed by atoms with E-state index in [0.717, 1.165) is 6.42 Å². The van der Waals surface area contributed by atoms with Crippen molar-refractivity contribution in [2.45, 2.75) is 20.3 Å². The van der Waals surface area contributed by atoms with E-state index in [4.69, 9.17) is 0 Å². The molecule has 1 heterocycles. The van der Waals surface area contributed by atoms with E-state index >= 15 is 0 Å². The molecular weight excluding hydrogens is 266 g/mol. The number of hydrogen-bond acceptors (Lipinski definition) is 3. The summed E-state index contributed by atoms with van der Waals surface area (Å²) in [5.41, 5.74) is 1.96. The van der Waals surface area contributed by atoms with Crippen LogP contribution in [0, 0.1) is 37.5 Å². The van der Waals surface area contributed by atoms with E-state index in [0.29, 0.717) is 16.8 Å². The lowest BCUT2D eigenvalue weighted by Gasteiger charge is -2.19. The summed E-state index contributed by atoms with van der Waals surface area (Å²) in [5, 5.41) is 9.86. The summed E-state index contributed by atoms with van der Waals surface area (Å²) in [7, 11) is 0. The molecule has 4 atom stereocenters. The lowest BCUT2D eigenvalue weighted by atomic mass is 9.85. The van der Waals surface area contributed by atoms with Gasteiger partial charge >= 0.3 is 0 Å². The molecule has 4 nitrogen and oxygen atoms in total. The minimum absolute atomic E-state index is 0.0775. The maximum Gasteiger partial charge on any atom is 0.238 e. The van der Waals surface area contributed by atoms with Crippen LogP contribution >= 0.6 is 0 Å². The van der Waals surface area contributed by atoms with Crippen LogP contribution in [0.25, 0.3) is 0 Å². The molecule has 1 aromatic rings. The van der Waals surface area contributed by atoms with E-state index in [-0.39, 0.29) is 41.2 Å². The van der Waals surface area contributed by atoms with Crippen molar-refractivity contribution in [3.8, 4) is 5.75 Å². The van der Waals surface area contributed by atoms with Crippen molar-refractivity contribution in [1.82, 2.24) is 0 Å². The Labute approximate surface area is 123 Å². The molecule has 1 N–H and O–H groups in total. The number of rotatable bonds is 1. The number of aryl methyl sites for hydroxylation is 2. The Morgan fingerprint density at radius 1 is 1.00 bits per heavy atom. The first-order chi connectivity index (χ1) is 9.99. The number of phenolic OH excluding ortho intramolecular Hbond substituents is 1. The molecule has 4 rings (SSSR count). The fourth-order valence-electron chi connectivity index (χ4n) is 4.22. The van der Waals surface area contributed by atoms with E-state index in [1.165, 1.54) is 4.90 Å². The predicted molar refractivity (Wildman–Crippen MR) is 77.8 cm³/mol. The fourth-order valence-corrected chi connectivity index (χ4v) is 4.22. The van der Waals surface area contributed by atoms with Gasteiger partial charge in [-0.05, 0) is 55.4 Å². The number of aromatic hydroxyl groups is 1. The zero-order valence-corrected chi connectivity index (χ0v) is 12.0. The minimum atomic E-state index is -0.179.